The largest absolute Gasteiger partial charge is 0.465 e. The first kappa shape index (κ1) is 20.2. The van der Waals surface area contributed by atoms with Crippen LogP contribution in [0.1, 0.15) is 50.0 Å². The van der Waals surface area contributed by atoms with Crippen molar-refractivity contribution in [2.75, 3.05) is 26.4 Å². The van der Waals surface area contributed by atoms with Crippen molar-refractivity contribution in [3.8, 4) is 0 Å². The molecular weight excluding hydrogens is 372 g/mol. The van der Waals surface area contributed by atoms with Gasteiger partial charge in [-0.15, -0.1) is 0 Å². The molecule has 2 atom stereocenters. The van der Waals surface area contributed by atoms with Gasteiger partial charge in [-0.3, -0.25) is 4.79 Å². The fourth-order valence-corrected chi connectivity index (χ4v) is 5.17. The molecule has 1 aliphatic carbocycles. The summed E-state index contributed by atoms with van der Waals surface area (Å²) >= 11 is 0. The number of piperidine rings is 1. The Labute approximate surface area is 171 Å². The Hall–Kier alpha value is -2.12. The van der Waals surface area contributed by atoms with Gasteiger partial charge in [0, 0.05) is 6.54 Å². The third-order valence-corrected chi connectivity index (χ3v) is 6.70. The lowest BCUT2D eigenvalue weighted by Gasteiger charge is -2.50. The molecule has 1 saturated carbocycles. The number of amides is 2. The van der Waals surface area contributed by atoms with Crippen LogP contribution in [0.4, 0.5) is 4.79 Å². The predicted octanol–water partition coefficient (Wildman–Crippen LogP) is 2.76. The van der Waals surface area contributed by atoms with Gasteiger partial charge in [0.05, 0.1) is 30.9 Å². The first-order chi connectivity index (χ1) is 14.1. The summed E-state index contributed by atoms with van der Waals surface area (Å²) in [4.78, 5) is 25.3. The van der Waals surface area contributed by atoms with Crippen molar-refractivity contribution in [1.29, 1.82) is 0 Å². The van der Waals surface area contributed by atoms with E-state index in [4.69, 9.17) is 9.47 Å². The fraction of sp³-hybridized carbons (Fsp3) is 0.636. The molecule has 158 valence electrons. The Balaban J connectivity index is 1.38. The SMILES string of the molecule is O=C1COC[C@]2(CCCN(C(=O)O)[C@@H]2CO[C@H]2CC[C@@H](c3ccccc3)CC2)N1. The molecule has 7 nitrogen and oxygen atoms in total. The van der Waals surface area contributed by atoms with Crippen molar-refractivity contribution < 1.29 is 24.2 Å². The standard InChI is InChI=1S/C22H30N2O5/c25-20-14-28-15-22(23-20)11-4-12-24(21(26)27)19(22)13-29-18-9-7-17(8-10-18)16-5-2-1-3-6-16/h1-3,5-6,17-19H,4,7-15H2,(H,23,25)(H,26,27)/t17-,18+,19-,22+/m1/s1. The van der Waals surface area contributed by atoms with Crippen LogP contribution >= 0.6 is 0 Å². The zero-order valence-corrected chi connectivity index (χ0v) is 16.7. The number of nitrogens with one attached hydrogen (secondary N) is 1. The van der Waals surface area contributed by atoms with Crippen molar-refractivity contribution >= 4 is 12.0 Å². The minimum Gasteiger partial charge on any atom is -0.465 e. The molecule has 29 heavy (non-hydrogen) atoms. The van der Waals surface area contributed by atoms with Crippen molar-refractivity contribution in [2.45, 2.75) is 62.1 Å². The van der Waals surface area contributed by atoms with E-state index < -0.39 is 17.7 Å². The second-order valence-electron chi connectivity index (χ2n) is 8.51. The van der Waals surface area contributed by atoms with E-state index in [9.17, 15) is 14.7 Å². The van der Waals surface area contributed by atoms with E-state index >= 15 is 0 Å². The van der Waals surface area contributed by atoms with E-state index in [1.165, 1.54) is 10.5 Å². The zero-order valence-electron chi connectivity index (χ0n) is 16.7. The van der Waals surface area contributed by atoms with Crippen molar-refractivity contribution in [3.63, 3.8) is 0 Å². The minimum atomic E-state index is -0.967. The molecule has 1 spiro atoms. The molecule has 2 amide bonds. The summed E-state index contributed by atoms with van der Waals surface area (Å²) in [5.74, 6) is 0.385. The van der Waals surface area contributed by atoms with Crippen LogP contribution < -0.4 is 5.32 Å². The maximum absolute atomic E-state index is 12.0. The summed E-state index contributed by atoms with van der Waals surface area (Å²) in [6.45, 7) is 1.11. The number of benzene rings is 1. The van der Waals surface area contributed by atoms with Crippen molar-refractivity contribution in [2.24, 2.45) is 0 Å². The van der Waals surface area contributed by atoms with E-state index in [-0.39, 0.29) is 25.2 Å². The summed E-state index contributed by atoms with van der Waals surface area (Å²) in [6, 6.07) is 10.2. The molecule has 2 saturated heterocycles. The molecule has 0 unspecified atom stereocenters. The quantitative estimate of drug-likeness (QED) is 0.809. The summed E-state index contributed by atoms with van der Waals surface area (Å²) in [7, 11) is 0. The van der Waals surface area contributed by atoms with Gasteiger partial charge in [-0.2, -0.15) is 0 Å². The number of hydrogen-bond donors (Lipinski definition) is 2. The maximum Gasteiger partial charge on any atom is 0.407 e. The number of likely N-dealkylation sites (tertiary alicyclic amines) is 1. The average molecular weight is 402 g/mol. The Bertz CT molecular complexity index is 715. The Morgan fingerprint density at radius 3 is 2.69 bits per heavy atom. The first-order valence-corrected chi connectivity index (χ1v) is 10.6. The van der Waals surface area contributed by atoms with E-state index in [0.29, 0.717) is 31.9 Å². The topological polar surface area (TPSA) is 88.1 Å². The number of rotatable bonds is 4. The lowest BCUT2D eigenvalue weighted by Crippen LogP contribution is -2.71. The van der Waals surface area contributed by atoms with Crippen LogP contribution in [0.3, 0.4) is 0 Å². The summed E-state index contributed by atoms with van der Waals surface area (Å²) in [5, 5.41) is 12.7. The number of hydrogen-bond acceptors (Lipinski definition) is 4. The second kappa shape index (κ2) is 8.71. The van der Waals surface area contributed by atoms with Crippen LogP contribution in [0, 0.1) is 0 Å². The number of morpholine rings is 1. The molecule has 0 bridgehead atoms. The van der Waals surface area contributed by atoms with Crippen molar-refractivity contribution in [1.82, 2.24) is 10.2 Å². The average Bonchev–Trinajstić information content (AvgIpc) is 2.73. The minimum absolute atomic E-state index is 0.0336. The first-order valence-electron chi connectivity index (χ1n) is 10.6. The van der Waals surface area contributed by atoms with Crippen molar-refractivity contribution in [3.05, 3.63) is 35.9 Å². The highest BCUT2D eigenvalue weighted by atomic mass is 16.5. The second-order valence-corrected chi connectivity index (χ2v) is 8.51. The molecule has 4 rings (SSSR count). The number of carbonyl (C=O) groups excluding carboxylic acids is 1. The Morgan fingerprint density at radius 2 is 2.00 bits per heavy atom. The van der Waals surface area contributed by atoms with Gasteiger partial charge in [-0.1, -0.05) is 30.3 Å². The zero-order chi connectivity index (χ0) is 20.3. The number of nitrogens with zero attached hydrogens (tertiary/aromatic N) is 1. The molecule has 3 aliphatic rings. The van der Waals surface area contributed by atoms with Gasteiger partial charge >= 0.3 is 6.09 Å². The molecule has 2 aliphatic heterocycles. The van der Waals surface area contributed by atoms with E-state index in [1.54, 1.807) is 0 Å². The molecule has 3 fully saturated rings. The molecule has 2 heterocycles. The smallest absolute Gasteiger partial charge is 0.407 e. The van der Waals surface area contributed by atoms with Gasteiger partial charge in [0.15, 0.2) is 0 Å². The molecule has 1 aromatic rings. The van der Waals surface area contributed by atoms with Crippen LogP contribution in [0.15, 0.2) is 30.3 Å². The fourth-order valence-electron chi connectivity index (χ4n) is 5.17. The monoisotopic (exact) mass is 402 g/mol. The van der Waals surface area contributed by atoms with E-state index in [0.717, 1.165) is 25.7 Å². The van der Waals surface area contributed by atoms with Crippen LogP contribution in [0.2, 0.25) is 0 Å². The normalized spacial score (nSPS) is 32.8. The Kier molecular flexibility index (Phi) is 6.06. The highest BCUT2D eigenvalue weighted by Crippen LogP contribution is 2.35. The summed E-state index contributed by atoms with van der Waals surface area (Å²) < 4.78 is 11.7. The third kappa shape index (κ3) is 4.41. The van der Waals surface area contributed by atoms with Gasteiger partial charge in [0.1, 0.15) is 6.61 Å². The summed E-state index contributed by atoms with van der Waals surface area (Å²) in [5.41, 5.74) is 0.698. The molecule has 2 N–H and O–H groups in total. The van der Waals surface area contributed by atoms with Gasteiger partial charge in [-0.05, 0) is 50.0 Å². The lowest BCUT2D eigenvalue weighted by molar-refractivity contribution is -0.143. The van der Waals surface area contributed by atoms with E-state index in [1.807, 2.05) is 6.07 Å². The van der Waals surface area contributed by atoms with Crippen LogP contribution in [-0.2, 0) is 14.3 Å². The molecule has 0 radical (unpaired) electrons. The number of ether oxygens (including phenoxy) is 2. The maximum atomic E-state index is 12.0. The molecule has 7 heteroatoms. The van der Waals surface area contributed by atoms with Gasteiger partial charge in [0.25, 0.3) is 0 Å². The van der Waals surface area contributed by atoms with Crippen LogP contribution in [0.5, 0.6) is 0 Å². The molecule has 0 aromatic heterocycles. The van der Waals surface area contributed by atoms with Crippen LogP contribution in [0.25, 0.3) is 0 Å². The van der Waals surface area contributed by atoms with Gasteiger partial charge < -0.3 is 24.8 Å². The summed E-state index contributed by atoms with van der Waals surface area (Å²) in [6.07, 6.45) is 4.66. The molecule has 1 aromatic carbocycles. The lowest BCUT2D eigenvalue weighted by atomic mass is 9.80. The third-order valence-electron chi connectivity index (χ3n) is 6.70. The Morgan fingerprint density at radius 1 is 1.24 bits per heavy atom. The van der Waals surface area contributed by atoms with E-state index in [2.05, 4.69) is 29.6 Å². The van der Waals surface area contributed by atoms with Gasteiger partial charge in [-0.25, -0.2) is 4.79 Å². The number of carbonyl (C=O) groups is 2. The highest BCUT2D eigenvalue weighted by Gasteiger charge is 2.49. The van der Waals surface area contributed by atoms with Crippen LogP contribution in [-0.4, -0.2) is 66.1 Å². The van der Waals surface area contributed by atoms with Gasteiger partial charge in [0.2, 0.25) is 5.91 Å². The predicted molar refractivity (Wildman–Crippen MR) is 107 cm³/mol. The number of carboxylic acid groups (broad SMARTS) is 1. The molecular formula is C22H30N2O5. The highest BCUT2D eigenvalue weighted by molar-refractivity contribution is 5.79.